The van der Waals surface area contributed by atoms with Crippen LogP contribution in [0.15, 0.2) is 6.33 Å². The van der Waals surface area contributed by atoms with Gasteiger partial charge in [0.05, 0.1) is 0 Å². The van der Waals surface area contributed by atoms with Gasteiger partial charge in [0, 0.05) is 19.5 Å². The number of hydrogen-bond acceptors (Lipinski definition) is 3. The molecule has 17 heavy (non-hydrogen) atoms. The third-order valence-corrected chi connectivity index (χ3v) is 3.73. The Labute approximate surface area is 104 Å². The summed E-state index contributed by atoms with van der Waals surface area (Å²) in [5, 5.41) is 7.67. The highest BCUT2D eigenvalue weighted by atomic mass is 15.3. The van der Waals surface area contributed by atoms with Gasteiger partial charge in [-0.2, -0.15) is 5.10 Å². The van der Waals surface area contributed by atoms with Crippen LogP contribution in [0.4, 0.5) is 0 Å². The molecule has 0 saturated heterocycles. The first-order chi connectivity index (χ1) is 8.15. The van der Waals surface area contributed by atoms with Gasteiger partial charge in [-0.1, -0.05) is 20.3 Å². The lowest BCUT2D eigenvalue weighted by Gasteiger charge is -2.41. The Morgan fingerprint density at radius 3 is 2.76 bits per heavy atom. The zero-order chi connectivity index (χ0) is 12.3. The molecule has 0 amide bonds. The van der Waals surface area contributed by atoms with E-state index in [0.29, 0.717) is 11.3 Å². The van der Waals surface area contributed by atoms with Gasteiger partial charge < -0.3 is 5.32 Å². The summed E-state index contributed by atoms with van der Waals surface area (Å²) in [5.74, 6) is 1.78. The fourth-order valence-corrected chi connectivity index (χ4v) is 2.73. The van der Waals surface area contributed by atoms with Gasteiger partial charge in [-0.05, 0) is 31.2 Å². The fraction of sp³-hybridized carbons (Fsp3) is 0.846. The monoisotopic (exact) mass is 236 g/mol. The van der Waals surface area contributed by atoms with E-state index in [1.807, 2.05) is 7.05 Å². The van der Waals surface area contributed by atoms with Crippen LogP contribution in [0.25, 0.3) is 0 Å². The van der Waals surface area contributed by atoms with Crippen LogP contribution in [-0.4, -0.2) is 28.4 Å². The summed E-state index contributed by atoms with van der Waals surface area (Å²) in [4.78, 5) is 4.44. The second-order valence-corrected chi connectivity index (χ2v) is 5.81. The first kappa shape index (κ1) is 12.6. The lowest BCUT2D eigenvalue weighted by Crippen LogP contribution is -2.41. The smallest absolute Gasteiger partial charge is 0.138 e. The molecule has 1 N–H and O–H groups in total. The molecule has 96 valence electrons. The normalized spacial score (nSPS) is 18.4. The van der Waals surface area contributed by atoms with Crippen molar-refractivity contribution in [3.63, 3.8) is 0 Å². The van der Waals surface area contributed by atoms with Crippen molar-refractivity contribution < 1.29 is 0 Å². The van der Waals surface area contributed by atoms with Crippen molar-refractivity contribution in [2.45, 2.75) is 46.1 Å². The fourth-order valence-electron chi connectivity index (χ4n) is 2.73. The van der Waals surface area contributed by atoms with Gasteiger partial charge in [0.2, 0.25) is 0 Å². The average molecular weight is 236 g/mol. The van der Waals surface area contributed by atoms with Gasteiger partial charge in [0.1, 0.15) is 12.2 Å². The van der Waals surface area contributed by atoms with E-state index in [1.54, 1.807) is 6.33 Å². The van der Waals surface area contributed by atoms with E-state index in [0.717, 1.165) is 25.3 Å². The Balaban J connectivity index is 2.04. The quantitative estimate of drug-likeness (QED) is 0.820. The molecule has 0 aromatic carbocycles. The third kappa shape index (κ3) is 2.86. The van der Waals surface area contributed by atoms with Crippen molar-refractivity contribution in [3.8, 4) is 0 Å². The molecule has 1 saturated carbocycles. The van der Waals surface area contributed by atoms with Crippen molar-refractivity contribution >= 4 is 0 Å². The Morgan fingerprint density at radius 1 is 1.47 bits per heavy atom. The summed E-state index contributed by atoms with van der Waals surface area (Å²) in [5.41, 5.74) is 0.441. The average Bonchev–Trinajstić information content (AvgIpc) is 2.61. The highest BCUT2D eigenvalue weighted by molar-refractivity contribution is 4.99. The summed E-state index contributed by atoms with van der Waals surface area (Å²) in [7, 11) is 2.04. The maximum atomic E-state index is 4.44. The van der Waals surface area contributed by atoms with E-state index in [-0.39, 0.29) is 0 Å². The molecule has 1 aliphatic rings. The molecule has 0 unspecified atom stereocenters. The lowest BCUT2D eigenvalue weighted by molar-refractivity contribution is 0.128. The molecule has 1 heterocycles. The predicted molar refractivity (Wildman–Crippen MR) is 68.8 cm³/mol. The molecule has 1 aromatic heterocycles. The number of nitrogens with one attached hydrogen (secondary N) is 1. The van der Waals surface area contributed by atoms with Crippen LogP contribution in [0, 0.1) is 11.3 Å². The molecule has 1 aromatic rings. The first-order valence-corrected chi connectivity index (χ1v) is 6.66. The van der Waals surface area contributed by atoms with E-state index in [4.69, 9.17) is 0 Å². The Hall–Kier alpha value is -0.900. The first-order valence-electron chi connectivity index (χ1n) is 6.66. The van der Waals surface area contributed by atoms with Crippen molar-refractivity contribution in [3.05, 3.63) is 12.2 Å². The van der Waals surface area contributed by atoms with Crippen LogP contribution in [0.3, 0.4) is 0 Å². The zero-order valence-electron chi connectivity index (χ0n) is 11.2. The van der Waals surface area contributed by atoms with Gasteiger partial charge in [0.15, 0.2) is 0 Å². The van der Waals surface area contributed by atoms with E-state index in [2.05, 4.69) is 33.9 Å². The summed E-state index contributed by atoms with van der Waals surface area (Å²) in [6.07, 6.45) is 6.77. The van der Waals surface area contributed by atoms with E-state index >= 15 is 0 Å². The topological polar surface area (TPSA) is 42.7 Å². The molecule has 4 nitrogen and oxygen atoms in total. The molecule has 0 radical (unpaired) electrons. The molecule has 1 fully saturated rings. The minimum Gasteiger partial charge on any atom is -0.319 e. The number of rotatable bonds is 6. The molecular formula is C13H24N4. The Kier molecular flexibility index (Phi) is 3.82. The highest BCUT2D eigenvalue weighted by Crippen LogP contribution is 2.42. The van der Waals surface area contributed by atoms with Crippen molar-refractivity contribution in [1.82, 2.24) is 20.1 Å². The zero-order valence-corrected chi connectivity index (χ0v) is 11.2. The van der Waals surface area contributed by atoms with Crippen LogP contribution in [0.5, 0.6) is 0 Å². The van der Waals surface area contributed by atoms with Crippen molar-refractivity contribution in [2.24, 2.45) is 11.3 Å². The second kappa shape index (κ2) is 5.17. The van der Waals surface area contributed by atoms with Crippen LogP contribution in [0.1, 0.15) is 38.9 Å². The van der Waals surface area contributed by atoms with Crippen LogP contribution in [0.2, 0.25) is 0 Å². The maximum Gasteiger partial charge on any atom is 0.138 e. The number of aromatic nitrogens is 3. The van der Waals surface area contributed by atoms with Gasteiger partial charge in [0.25, 0.3) is 0 Å². The number of hydrogen-bond donors (Lipinski definition) is 1. The van der Waals surface area contributed by atoms with E-state index < -0.39 is 0 Å². The molecule has 0 spiro atoms. The highest BCUT2D eigenvalue weighted by Gasteiger charge is 2.37. The van der Waals surface area contributed by atoms with Gasteiger partial charge in [-0.25, -0.2) is 9.67 Å². The summed E-state index contributed by atoms with van der Waals surface area (Å²) in [6.45, 7) is 6.52. The summed E-state index contributed by atoms with van der Waals surface area (Å²) in [6, 6.07) is 0. The maximum absolute atomic E-state index is 4.44. The summed E-state index contributed by atoms with van der Waals surface area (Å²) >= 11 is 0. The Bertz CT molecular complexity index is 352. The molecule has 1 aliphatic carbocycles. The molecular weight excluding hydrogens is 212 g/mol. The van der Waals surface area contributed by atoms with Crippen LogP contribution in [-0.2, 0) is 13.0 Å². The van der Waals surface area contributed by atoms with E-state index in [9.17, 15) is 0 Å². The molecule has 0 bridgehead atoms. The Morgan fingerprint density at radius 2 is 2.24 bits per heavy atom. The van der Waals surface area contributed by atoms with Gasteiger partial charge >= 0.3 is 0 Å². The predicted octanol–water partition coefficient (Wildman–Crippen LogP) is 1.87. The van der Waals surface area contributed by atoms with Crippen molar-refractivity contribution in [1.29, 1.82) is 0 Å². The molecule has 4 heteroatoms. The van der Waals surface area contributed by atoms with Crippen molar-refractivity contribution in [2.75, 3.05) is 13.6 Å². The second-order valence-electron chi connectivity index (χ2n) is 5.81. The largest absolute Gasteiger partial charge is 0.319 e. The minimum absolute atomic E-state index is 0.441. The SMILES string of the molecule is CNCC1(Cc2ncnn2CC(C)C)CCC1. The minimum atomic E-state index is 0.441. The molecule has 0 atom stereocenters. The standard InChI is InChI=1S/C13H24N4/c1-11(2)8-17-12(15-10-16-17)7-13(9-14-3)5-4-6-13/h10-11,14H,4-9H2,1-3H3. The number of nitrogens with zero attached hydrogens (tertiary/aromatic N) is 3. The molecule has 2 rings (SSSR count). The van der Waals surface area contributed by atoms with Gasteiger partial charge in [-0.3, -0.25) is 0 Å². The third-order valence-electron chi connectivity index (χ3n) is 3.73. The lowest BCUT2D eigenvalue weighted by atomic mass is 9.66. The van der Waals surface area contributed by atoms with E-state index in [1.165, 1.54) is 19.3 Å². The van der Waals surface area contributed by atoms with Gasteiger partial charge in [-0.15, -0.1) is 0 Å². The van der Waals surface area contributed by atoms with Crippen LogP contribution < -0.4 is 5.32 Å². The van der Waals surface area contributed by atoms with Crippen LogP contribution >= 0.6 is 0 Å². The summed E-state index contributed by atoms with van der Waals surface area (Å²) < 4.78 is 2.08. The molecule has 0 aliphatic heterocycles.